The molecule has 4 unspecified atom stereocenters. The van der Waals surface area contributed by atoms with Crippen LogP contribution in [0.5, 0.6) is 0 Å². The molecule has 4 atom stereocenters. The molecule has 3 N–H and O–H groups in total. The van der Waals surface area contributed by atoms with Gasteiger partial charge in [0.15, 0.2) is 0 Å². The topological polar surface area (TPSA) is 88.1 Å². The summed E-state index contributed by atoms with van der Waals surface area (Å²) in [5, 5.41) is 11.8. The molecule has 1 aliphatic heterocycles. The molecule has 0 spiro atoms. The van der Waals surface area contributed by atoms with Gasteiger partial charge in [-0.3, -0.25) is 10.1 Å². The number of nitrogens with zero attached hydrogens (tertiary/aromatic N) is 1. The van der Waals surface area contributed by atoms with Crippen molar-refractivity contribution in [1.82, 2.24) is 5.32 Å². The Morgan fingerprint density at radius 1 is 1.71 bits per heavy atom. The van der Waals surface area contributed by atoms with E-state index in [9.17, 15) is 4.79 Å². The van der Waals surface area contributed by atoms with Crippen molar-refractivity contribution in [3.05, 3.63) is 0 Å². The first-order valence-corrected chi connectivity index (χ1v) is 4.69. The number of ether oxygens (including phenoxy) is 1. The highest BCUT2D eigenvalue weighted by atomic mass is 16.5. The zero-order chi connectivity index (χ0) is 10.7. The lowest BCUT2D eigenvalue weighted by molar-refractivity contribution is -0.145. The molecule has 0 aromatic heterocycles. The van der Waals surface area contributed by atoms with E-state index < -0.39 is 12.1 Å². The van der Waals surface area contributed by atoms with Gasteiger partial charge in [0.2, 0.25) is 0 Å². The Balaban J connectivity index is 2.67. The molecule has 0 aromatic rings. The Labute approximate surface area is 83.2 Å². The van der Waals surface area contributed by atoms with Gasteiger partial charge >= 0.3 is 5.97 Å². The second-order valence-corrected chi connectivity index (χ2v) is 3.42. The van der Waals surface area contributed by atoms with Crippen LogP contribution in [0.1, 0.15) is 13.8 Å². The SMILES string of the molecule is CCOC(=O)C1NC(C)C(C#N)C1N. The molecule has 5 nitrogen and oxygen atoms in total. The first kappa shape index (κ1) is 11.0. The number of rotatable bonds is 2. The summed E-state index contributed by atoms with van der Waals surface area (Å²) in [7, 11) is 0. The number of hydrogen-bond acceptors (Lipinski definition) is 5. The van der Waals surface area contributed by atoms with E-state index in [1.807, 2.05) is 6.92 Å². The summed E-state index contributed by atoms with van der Waals surface area (Å²) in [5.41, 5.74) is 5.77. The van der Waals surface area contributed by atoms with Gasteiger partial charge in [0.05, 0.1) is 18.6 Å². The van der Waals surface area contributed by atoms with Crippen LogP contribution >= 0.6 is 0 Å². The van der Waals surface area contributed by atoms with Gasteiger partial charge in [-0.15, -0.1) is 0 Å². The molecule has 0 aromatic carbocycles. The van der Waals surface area contributed by atoms with Crippen LogP contribution in [-0.2, 0) is 9.53 Å². The van der Waals surface area contributed by atoms with Crippen LogP contribution in [0, 0.1) is 17.2 Å². The third-order valence-corrected chi connectivity index (χ3v) is 2.47. The minimum Gasteiger partial charge on any atom is -0.465 e. The maximum atomic E-state index is 11.4. The van der Waals surface area contributed by atoms with Crippen molar-refractivity contribution in [3.8, 4) is 6.07 Å². The van der Waals surface area contributed by atoms with E-state index in [-0.39, 0.29) is 17.9 Å². The van der Waals surface area contributed by atoms with Crippen LogP contribution < -0.4 is 11.1 Å². The Kier molecular flexibility index (Phi) is 3.44. The molecule has 0 saturated carbocycles. The van der Waals surface area contributed by atoms with E-state index in [2.05, 4.69) is 11.4 Å². The Hall–Kier alpha value is -1.12. The van der Waals surface area contributed by atoms with E-state index in [1.54, 1.807) is 6.92 Å². The number of hydrogen-bond donors (Lipinski definition) is 2. The molecule has 78 valence electrons. The van der Waals surface area contributed by atoms with Gasteiger partial charge in [-0.1, -0.05) is 0 Å². The van der Waals surface area contributed by atoms with Crippen LogP contribution in [0.3, 0.4) is 0 Å². The normalized spacial score (nSPS) is 36.4. The van der Waals surface area contributed by atoms with Gasteiger partial charge in [-0.25, -0.2) is 0 Å². The lowest BCUT2D eigenvalue weighted by Crippen LogP contribution is -2.45. The summed E-state index contributed by atoms with van der Waals surface area (Å²) in [6, 6.07) is 1.01. The molecular formula is C9H15N3O2. The van der Waals surface area contributed by atoms with Crippen molar-refractivity contribution >= 4 is 5.97 Å². The van der Waals surface area contributed by atoms with Crippen molar-refractivity contribution in [2.75, 3.05) is 6.61 Å². The van der Waals surface area contributed by atoms with Crippen molar-refractivity contribution in [2.45, 2.75) is 32.0 Å². The van der Waals surface area contributed by atoms with Gasteiger partial charge in [-0.2, -0.15) is 5.26 Å². The summed E-state index contributed by atoms with van der Waals surface area (Å²) in [5.74, 6) is -0.700. The number of esters is 1. The van der Waals surface area contributed by atoms with E-state index in [4.69, 9.17) is 15.7 Å². The van der Waals surface area contributed by atoms with E-state index >= 15 is 0 Å². The lowest BCUT2D eigenvalue weighted by Gasteiger charge is -2.14. The molecule has 1 rings (SSSR count). The summed E-state index contributed by atoms with van der Waals surface area (Å²) in [6.45, 7) is 3.91. The van der Waals surface area contributed by atoms with Gasteiger partial charge in [0.1, 0.15) is 6.04 Å². The molecule has 1 heterocycles. The quantitative estimate of drug-likeness (QED) is 0.576. The minimum absolute atomic E-state index is 0.0654. The molecule has 5 heteroatoms. The number of carbonyl (C=O) groups is 1. The molecule has 0 amide bonds. The lowest BCUT2D eigenvalue weighted by atomic mass is 9.97. The maximum Gasteiger partial charge on any atom is 0.324 e. The third-order valence-electron chi connectivity index (χ3n) is 2.47. The highest BCUT2D eigenvalue weighted by Crippen LogP contribution is 2.19. The number of nitriles is 1. The largest absolute Gasteiger partial charge is 0.465 e. The predicted octanol–water partition coefficient (Wildman–Crippen LogP) is -0.623. The summed E-state index contributed by atoms with van der Waals surface area (Å²) in [6.07, 6.45) is 0. The standard InChI is InChI=1S/C9H15N3O2/c1-3-14-9(13)8-7(11)6(4-10)5(2)12-8/h5-8,12H,3,11H2,1-2H3. The average Bonchev–Trinajstić information content (AvgIpc) is 2.42. The average molecular weight is 197 g/mol. The molecule has 0 aliphatic carbocycles. The van der Waals surface area contributed by atoms with Crippen LogP contribution in [0.15, 0.2) is 0 Å². The fourth-order valence-electron chi connectivity index (χ4n) is 1.69. The Bertz CT molecular complexity index is 261. The van der Waals surface area contributed by atoms with Gasteiger partial charge in [-0.05, 0) is 13.8 Å². The van der Waals surface area contributed by atoms with Crippen molar-refractivity contribution < 1.29 is 9.53 Å². The van der Waals surface area contributed by atoms with E-state index in [0.29, 0.717) is 6.61 Å². The highest BCUT2D eigenvalue weighted by molar-refractivity contribution is 5.77. The number of carbonyl (C=O) groups excluding carboxylic acids is 1. The molecule has 1 fully saturated rings. The number of nitrogens with one attached hydrogen (secondary N) is 1. The first-order chi connectivity index (χ1) is 6.61. The minimum atomic E-state index is -0.547. The molecular weight excluding hydrogens is 182 g/mol. The van der Waals surface area contributed by atoms with E-state index in [0.717, 1.165) is 0 Å². The highest BCUT2D eigenvalue weighted by Gasteiger charge is 2.43. The smallest absolute Gasteiger partial charge is 0.324 e. The Morgan fingerprint density at radius 2 is 2.36 bits per heavy atom. The van der Waals surface area contributed by atoms with Gasteiger partial charge in [0.25, 0.3) is 0 Å². The molecule has 1 saturated heterocycles. The van der Waals surface area contributed by atoms with Crippen molar-refractivity contribution in [1.29, 1.82) is 5.26 Å². The predicted molar refractivity (Wildman–Crippen MR) is 50.1 cm³/mol. The zero-order valence-electron chi connectivity index (χ0n) is 8.36. The fourth-order valence-corrected chi connectivity index (χ4v) is 1.69. The summed E-state index contributed by atoms with van der Waals surface area (Å²) < 4.78 is 4.85. The summed E-state index contributed by atoms with van der Waals surface area (Å²) in [4.78, 5) is 11.4. The van der Waals surface area contributed by atoms with Gasteiger partial charge in [0, 0.05) is 12.1 Å². The second kappa shape index (κ2) is 4.40. The first-order valence-electron chi connectivity index (χ1n) is 4.69. The van der Waals surface area contributed by atoms with Crippen LogP contribution in [0.25, 0.3) is 0 Å². The Morgan fingerprint density at radius 3 is 2.79 bits per heavy atom. The van der Waals surface area contributed by atoms with Crippen LogP contribution in [-0.4, -0.2) is 30.7 Å². The molecule has 0 bridgehead atoms. The third kappa shape index (κ3) is 1.86. The van der Waals surface area contributed by atoms with E-state index in [1.165, 1.54) is 0 Å². The number of nitrogens with two attached hydrogens (primary N) is 1. The monoisotopic (exact) mass is 197 g/mol. The zero-order valence-corrected chi connectivity index (χ0v) is 8.36. The van der Waals surface area contributed by atoms with Crippen LogP contribution in [0.4, 0.5) is 0 Å². The van der Waals surface area contributed by atoms with Crippen molar-refractivity contribution in [2.24, 2.45) is 11.7 Å². The molecule has 14 heavy (non-hydrogen) atoms. The molecule has 1 aliphatic rings. The van der Waals surface area contributed by atoms with Gasteiger partial charge < -0.3 is 10.5 Å². The maximum absolute atomic E-state index is 11.4. The fraction of sp³-hybridized carbons (Fsp3) is 0.778. The van der Waals surface area contributed by atoms with Crippen molar-refractivity contribution in [3.63, 3.8) is 0 Å². The summed E-state index contributed by atoms with van der Waals surface area (Å²) >= 11 is 0. The van der Waals surface area contributed by atoms with Crippen LogP contribution in [0.2, 0.25) is 0 Å². The molecule has 0 radical (unpaired) electrons. The second-order valence-electron chi connectivity index (χ2n) is 3.42.